The number of rotatable bonds is 6. The van der Waals surface area contributed by atoms with Crippen LogP contribution in [0.25, 0.3) is 0 Å². The molecule has 1 aromatic rings. The molecule has 3 nitrogen and oxygen atoms in total. The van der Waals surface area contributed by atoms with E-state index in [0.717, 1.165) is 18.5 Å². The van der Waals surface area contributed by atoms with E-state index in [4.69, 9.17) is 5.73 Å². The number of carbonyl (C=O) groups excluding carboxylic acids is 1. The molecule has 0 aromatic heterocycles. The zero-order chi connectivity index (χ0) is 14.4. The maximum atomic E-state index is 12.3. The third kappa shape index (κ3) is 4.06. The molecule has 0 saturated carbocycles. The van der Waals surface area contributed by atoms with Gasteiger partial charge in [-0.05, 0) is 56.8 Å². The van der Waals surface area contributed by atoms with Gasteiger partial charge in [0.05, 0.1) is 5.92 Å². The Morgan fingerprint density at radius 2 is 1.84 bits per heavy atom. The Hall–Kier alpha value is -1.35. The summed E-state index contributed by atoms with van der Waals surface area (Å²) in [5.41, 5.74) is 10.4. The van der Waals surface area contributed by atoms with Crippen LogP contribution in [-0.2, 0) is 4.79 Å². The fraction of sp³-hybridized carbons (Fsp3) is 0.562. The third-order valence-electron chi connectivity index (χ3n) is 3.41. The van der Waals surface area contributed by atoms with Crippen molar-refractivity contribution in [2.75, 3.05) is 13.1 Å². The van der Waals surface area contributed by atoms with Crippen molar-refractivity contribution in [1.29, 1.82) is 0 Å². The van der Waals surface area contributed by atoms with Crippen molar-refractivity contribution >= 4 is 5.91 Å². The lowest BCUT2D eigenvalue weighted by Crippen LogP contribution is -2.32. The van der Waals surface area contributed by atoms with Crippen LogP contribution in [0, 0.1) is 20.8 Å². The minimum atomic E-state index is -0.128. The highest BCUT2D eigenvalue weighted by molar-refractivity contribution is 5.84. The molecule has 106 valence electrons. The van der Waals surface area contributed by atoms with E-state index in [1.165, 1.54) is 16.7 Å². The predicted octanol–water partition coefficient (Wildman–Crippen LogP) is 2.57. The summed E-state index contributed by atoms with van der Waals surface area (Å²) in [5.74, 6) is -0.0282. The standard InChI is InChI=1S/C16H26N2O/c1-5-8-18-16(19)14(6-7-17)15-12(3)9-11(2)10-13(15)4/h9-10,14H,5-8,17H2,1-4H3,(H,18,19). The molecule has 0 aliphatic heterocycles. The van der Waals surface area contributed by atoms with Crippen LogP contribution in [0.5, 0.6) is 0 Å². The van der Waals surface area contributed by atoms with E-state index in [1.54, 1.807) is 0 Å². The number of nitrogens with two attached hydrogens (primary N) is 1. The molecular formula is C16H26N2O. The molecule has 0 fully saturated rings. The lowest BCUT2D eigenvalue weighted by atomic mass is 9.86. The molecule has 0 heterocycles. The minimum absolute atomic E-state index is 0.0994. The zero-order valence-electron chi connectivity index (χ0n) is 12.5. The first-order valence-corrected chi connectivity index (χ1v) is 7.06. The van der Waals surface area contributed by atoms with E-state index < -0.39 is 0 Å². The molecule has 0 aliphatic carbocycles. The van der Waals surface area contributed by atoms with E-state index >= 15 is 0 Å². The average molecular weight is 262 g/mol. The first kappa shape index (κ1) is 15.7. The molecule has 1 atom stereocenters. The highest BCUT2D eigenvalue weighted by atomic mass is 16.1. The predicted molar refractivity (Wildman–Crippen MR) is 80.4 cm³/mol. The molecule has 1 unspecified atom stereocenters. The lowest BCUT2D eigenvalue weighted by molar-refractivity contribution is -0.122. The van der Waals surface area contributed by atoms with E-state index in [2.05, 4.69) is 45.1 Å². The van der Waals surface area contributed by atoms with E-state index in [1.807, 2.05) is 0 Å². The summed E-state index contributed by atoms with van der Waals surface area (Å²) in [5, 5.41) is 2.99. The smallest absolute Gasteiger partial charge is 0.227 e. The Morgan fingerprint density at radius 3 is 2.32 bits per heavy atom. The minimum Gasteiger partial charge on any atom is -0.356 e. The summed E-state index contributed by atoms with van der Waals surface area (Å²) >= 11 is 0. The second-order valence-electron chi connectivity index (χ2n) is 5.23. The molecule has 1 aromatic carbocycles. The van der Waals surface area contributed by atoms with Gasteiger partial charge in [0.2, 0.25) is 5.91 Å². The second-order valence-corrected chi connectivity index (χ2v) is 5.23. The molecule has 1 amide bonds. The first-order chi connectivity index (χ1) is 9.01. The molecule has 1 rings (SSSR count). The van der Waals surface area contributed by atoms with Gasteiger partial charge in [0.25, 0.3) is 0 Å². The topological polar surface area (TPSA) is 55.1 Å². The lowest BCUT2D eigenvalue weighted by Gasteiger charge is -2.21. The Bertz CT molecular complexity index is 417. The van der Waals surface area contributed by atoms with Gasteiger partial charge in [-0.2, -0.15) is 0 Å². The highest BCUT2D eigenvalue weighted by Crippen LogP contribution is 2.27. The van der Waals surface area contributed by atoms with Gasteiger partial charge in [-0.1, -0.05) is 24.6 Å². The fourth-order valence-corrected chi connectivity index (χ4v) is 2.69. The van der Waals surface area contributed by atoms with Crippen LogP contribution in [0.15, 0.2) is 12.1 Å². The van der Waals surface area contributed by atoms with Crippen LogP contribution >= 0.6 is 0 Å². The molecule has 0 saturated heterocycles. The highest BCUT2D eigenvalue weighted by Gasteiger charge is 2.23. The van der Waals surface area contributed by atoms with Crippen LogP contribution in [0.4, 0.5) is 0 Å². The van der Waals surface area contributed by atoms with Crippen LogP contribution in [-0.4, -0.2) is 19.0 Å². The number of benzene rings is 1. The summed E-state index contributed by atoms with van der Waals surface area (Å²) in [6.45, 7) is 9.54. The number of carbonyl (C=O) groups is 1. The summed E-state index contributed by atoms with van der Waals surface area (Å²) in [4.78, 5) is 12.3. The zero-order valence-corrected chi connectivity index (χ0v) is 12.5. The van der Waals surface area contributed by atoms with E-state index in [-0.39, 0.29) is 11.8 Å². The van der Waals surface area contributed by atoms with Gasteiger partial charge in [-0.25, -0.2) is 0 Å². The Labute approximate surface area is 116 Å². The molecule has 0 bridgehead atoms. The van der Waals surface area contributed by atoms with Crippen molar-refractivity contribution in [3.8, 4) is 0 Å². The number of amides is 1. The van der Waals surface area contributed by atoms with Crippen LogP contribution < -0.4 is 11.1 Å². The molecule has 0 aliphatic rings. The Kier molecular flexibility index (Phi) is 6.03. The summed E-state index contributed by atoms with van der Waals surface area (Å²) in [7, 11) is 0. The fourth-order valence-electron chi connectivity index (χ4n) is 2.69. The Morgan fingerprint density at radius 1 is 1.26 bits per heavy atom. The quantitative estimate of drug-likeness (QED) is 0.828. The summed E-state index contributed by atoms with van der Waals surface area (Å²) in [6, 6.07) is 4.28. The van der Waals surface area contributed by atoms with Gasteiger partial charge in [-0.3, -0.25) is 4.79 Å². The molecule has 0 radical (unpaired) electrons. The second kappa shape index (κ2) is 7.29. The molecule has 3 N–H and O–H groups in total. The van der Waals surface area contributed by atoms with E-state index in [0.29, 0.717) is 13.0 Å². The van der Waals surface area contributed by atoms with Gasteiger partial charge in [0, 0.05) is 6.54 Å². The van der Waals surface area contributed by atoms with Gasteiger partial charge in [0.15, 0.2) is 0 Å². The SMILES string of the molecule is CCCNC(=O)C(CCN)c1c(C)cc(C)cc1C. The van der Waals surface area contributed by atoms with Crippen molar-refractivity contribution in [2.24, 2.45) is 5.73 Å². The maximum absolute atomic E-state index is 12.3. The average Bonchev–Trinajstić information content (AvgIpc) is 2.33. The largest absolute Gasteiger partial charge is 0.356 e. The maximum Gasteiger partial charge on any atom is 0.227 e. The number of hydrogen-bond donors (Lipinski definition) is 2. The first-order valence-electron chi connectivity index (χ1n) is 7.06. The van der Waals surface area contributed by atoms with Crippen molar-refractivity contribution in [3.05, 3.63) is 34.4 Å². The summed E-state index contributed by atoms with van der Waals surface area (Å²) in [6.07, 6.45) is 1.65. The van der Waals surface area contributed by atoms with Crippen LogP contribution in [0.3, 0.4) is 0 Å². The van der Waals surface area contributed by atoms with Crippen molar-refractivity contribution in [1.82, 2.24) is 5.32 Å². The number of nitrogens with one attached hydrogen (secondary N) is 1. The van der Waals surface area contributed by atoms with Crippen molar-refractivity contribution in [3.63, 3.8) is 0 Å². The molecule has 0 spiro atoms. The number of aryl methyl sites for hydroxylation is 3. The van der Waals surface area contributed by atoms with E-state index in [9.17, 15) is 4.79 Å². The molecule has 19 heavy (non-hydrogen) atoms. The summed E-state index contributed by atoms with van der Waals surface area (Å²) < 4.78 is 0. The Balaban J connectivity index is 3.08. The van der Waals surface area contributed by atoms with Crippen molar-refractivity contribution in [2.45, 2.75) is 46.5 Å². The normalized spacial score (nSPS) is 12.3. The molecular weight excluding hydrogens is 236 g/mol. The van der Waals surface area contributed by atoms with Crippen LogP contribution in [0.2, 0.25) is 0 Å². The van der Waals surface area contributed by atoms with Crippen LogP contribution in [0.1, 0.15) is 47.9 Å². The third-order valence-corrected chi connectivity index (χ3v) is 3.41. The van der Waals surface area contributed by atoms with Gasteiger partial charge < -0.3 is 11.1 Å². The van der Waals surface area contributed by atoms with Crippen molar-refractivity contribution < 1.29 is 4.79 Å². The van der Waals surface area contributed by atoms with Gasteiger partial charge in [0.1, 0.15) is 0 Å². The molecule has 3 heteroatoms. The number of hydrogen-bond acceptors (Lipinski definition) is 2. The van der Waals surface area contributed by atoms with Gasteiger partial charge in [-0.15, -0.1) is 0 Å². The monoisotopic (exact) mass is 262 g/mol. The van der Waals surface area contributed by atoms with Gasteiger partial charge >= 0.3 is 0 Å².